The van der Waals surface area contributed by atoms with Gasteiger partial charge in [0.15, 0.2) is 0 Å². The zero-order valence-corrected chi connectivity index (χ0v) is 9.01. The Labute approximate surface area is 81.5 Å². The van der Waals surface area contributed by atoms with Gasteiger partial charge in [0.1, 0.15) is 0 Å². The van der Waals surface area contributed by atoms with Crippen molar-refractivity contribution >= 4 is 6.01 Å². The molecule has 0 atom stereocenters. The van der Waals surface area contributed by atoms with Crippen molar-refractivity contribution < 1.29 is 0 Å². The number of rotatable bonds is 6. The molecule has 0 fully saturated rings. The van der Waals surface area contributed by atoms with E-state index in [1.807, 2.05) is 6.92 Å². The third kappa shape index (κ3) is 9.03. The summed E-state index contributed by atoms with van der Waals surface area (Å²) in [4.78, 5) is 7.94. The molecule has 0 radical (unpaired) electrons. The molecule has 0 saturated heterocycles. The molecule has 2 nitrogen and oxygen atoms in total. The summed E-state index contributed by atoms with van der Waals surface area (Å²) in [6.45, 7) is 7.88. The lowest BCUT2D eigenvalue weighted by Gasteiger charge is -1.97. The highest BCUT2D eigenvalue weighted by atomic mass is 14.8. The van der Waals surface area contributed by atoms with Gasteiger partial charge in [-0.1, -0.05) is 11.6 Å². The van der Waals surface area contributed by atoms with E-state index < -0.39 is 0 Å². The molecule has 0 aliphatic heterocycles. The Kier molecular flexibility index (Phi) is 8.59. The van der Waals surface area contributed by atoms with Gasteiger partial charge in [-0.3, -0.25) is 0 Å². The maximum atomic E-state index is 4.05. The fraction of sp³-hybridized carbons (Fsp3) is 0.727. The second kappa shape index (κ2) is 9.21. The molecule has 0 aromatic rings. The lowest BCUT2D eigenvalue weighted by molar-refractivity contribution is 0.741. The van der Waals surface area contributed by atoms with Crippen LogP contribution in [0.4, 0.5) is 0 Å². The van der Waals surface area contributed by atoms with Crippen LogP contribution in [0.3, 0.4) is 0 Å². The molecule has 0 bridgehead atoms. The quantitative estimate of drug-likeness (QED) is 0.340. The van der Waals surface area contributed by atoms with E-state index in [1.54, 1.807) is 0 Å². The van der Waals surface area contributed by atoms with Crippen molar-refractivity contribution in [2.45, 2.75) is 40.0 Å². The number of aliphatic imine (C=N–C) groups is 2. The van der Waals surface area contributed by atoms with Gasteiger partial charge >= 0.3 is 0 Å². The standard InChI is InChI=1S/C11H20N2/c1-4-11(3)8-6-7-9-13-10-12-5-2/h4H,5-9H2,1-3H3/b11-4+. The molecule has 0 heterocycles. The number of unbranched alkanes of at least 4 members (excludes halogenated alkanes) is 1. The summed E-state index contributed by atoms with van der Waals surface area (Å²) in [5, 5.41) is 0. The summed E-state index contributed by atoms with van der Waals surface area (Å²) in [5.74, 6) is 0. The minimum atomic E-state index is 0.779. The molecule has 0 aliphatic carbocycles. The maximum absolute atomic E-state index is 4.05. The van der Waals surface area contributed by atoms with Crippen molar-refractivity contribution in [1.29, 1.82) is 0 Å². The second-order valence-electron chi connectivity index (χ2n) is 3.05. The first-order valence-corrected chi connectivity index (χ1v) is 5.01. The molecule has 13 heavy (non-hydrogen) atoms. The minimum absolute atomic E-state index is 0.779. The summed E-state index contributed by atoms with van der Waals surface area (Å²) in [6.07, 6.45) is 5.71. The maximum Gasteiger partial charge on any atom is 0.0892 e. The van der Waals surface area contributed by atoms with Crippen molar-refractivity contribution in [3.05, 3.63) is 11.6 Å². The number of hydrogen-bond acceptors (Lipinski definition) is 2. The van der Waals surface area contributed by atoms with Crippen LogP contribution in [0.1, 0.15) is 40.0 Å². The van der Waals surface area contributed by atoms with Crippen LogP contribution in [-0.4, -0.2) is 19.1 Å². The van der Waals surface area contributed by atoms with Crippen molar-refractivity contribution in [3.8, 4) is 0 Å². The average molecular weight is 180 g/mol. The van der Waals surface area contributed by atoms with Crippen LogP contribution in [0.25, 0.3) is 0 Å². The fourth-order valence-corrected chi connectivity index (χ4v) is 0.910. The van der Waals surface area contributed by atoms with Gasteiger partial charge in [0.2, 0.25) is 0 Å². The molecular weight excluding hydrogens is 160 g/mol. The first kappa shape index (κ1) is 12.1. The molecule has 0 amide bonds. The Morgan fingerprint density at radius 1 is 1.31 bits per heavy atom. The second-order valence-corrected chi connectivity index (χ2v) is 3.05. The highest BCUT2D eigenvalue weighted by molar-refractivity contribution is 5.40. The highest BCUT2D eigenvalue weighted by Crippen LogP contribution is 2.05. The first-order valence-electron chi connectivity index (χ1n) is 5.01. The number of nitrogens with zero attached hydrogens (tertiary/aromatic N) is 2. The third-order valence-corrected chi connectivity index (χ3v) is 1.88. The summed E-state index contributed by atoms with van der Waals surface area (Å²) >= 11 is 0. The van der Waals surface area contributed by atoms with Gasteiger partial charge in [-0.2, -0.15) is 0 Å². The van der Waals surface area contributed by atoms with Crippen LogP contribution in [-0.2, 0) is 0 Å². The van der Waals surface area contributed by atoms with Gasteiger partial charge in [-0.05, 0) is 40.0 Å². The van der Waals surface area contributed by atoms with E-state index in [0.717, 1.165) is 19.5 Å². The number of hydrogen-bond donors (Lipinski definition) is 0. The van der Waals surface area contributed by atoms with Crippen LogP contribution in [0.2, 0.25) is 0 Å². The van der Waals surface area contributed by atoms with Crippen molar-refractivity contribution in [2.75, 3.05) is 13.1 Å². The van der Waals surface area contributed by atoms with E-state index in [1.165, 1.54) is 18.4 Å². The minimum Gasteiger partial charge on any atom is -0.226 e. The van der Waals surface area contributed by atoms with Gasteiger partial charge in [-0.25, -0.2) is 9.98 Å². The van der Waals surface area contributed by atoms with Crippen molar-refractivity contribution in [3.63, 3.8) is 0 Å². The van der Waals surface area contributed by atoms with Gasteiger partial charge in [0.05, 0.1) is 6.01 Å². The molecule has 0 rings (SSSR count). The lowest BCUT2D eigenvalue weighted by atomic mass is 10.1. The summed E-state index contributed by atoms with van der Waals surface area (Å²) in [7, 11) is 0. The topological polar surface area (TPSA) is 24.7 Å². The summed E-state index contributed by atoms with van der Waals surface area (Å²) in [6, 6.07) is 2.67. The molecule has 0 N–H and O–H groups in total. The van der Waals surface area contributed by atoms with E-state index in [2.05, 4.69) is 35.9 Å². The Morgan fingerprint density at radius 3 is 2.69 bits per heavy atom. The van der Waals surface area contributed by atoms with Crippen LogP contribution < -0.4 is 0 Å². The van der Waals surface area contributed by atoms with E-state index in [4.69, 9.17) is 0 Å². The highest BCUT2D eigenvalue weighted by Gasteiger charge is 1.88. The van der Waals surface area contributed by atoms with Gasteiger partial charge in [-0.15, -0.1) is 0 Å². The zero-order chi connectivity index (χ0) is 9.94. The third-order valence-electron chi connectivity index (χ3n) is 1.88. The van der Waals surface area contributed by atoms with Crippen LogP contribution in [0.5, 0.6) is 0 Å². The van der Waals surface area contributed by atoms with Crippen molar-refractivity contribution in [2.24, 2.45) is 9.98 Å². The molecule has 0 spiro atoms. The van der Waals surface area contributed by atoms with Gasteiger partial charge in [0, 0.05) is 13.1 Å². The van der Waals surface area contributed by atoms with Gasteiger partial charge in [0.25, 0.3) is 0 Å². The van der Waals surface area contributed by atoms with E-state index in [9.17, 15) is 0 Å². The van der Waals surface area contributed by atoms with E-state index >= 15 is 0 Å². The van der Waals surface area contributed by atoms with Crippen LogP contribution >= 0.6 is 0 Å². The Balaban J connectivity index is 3.32. The summed E-state index contributed by atoms with van der Waals surface area (Å²) in [5.41, 5.74) is 1.46. The molecule has 0 aliphatic rings. The zero-order valence-electron chi connectivity index (χ0n) is 9.01. The largest absolute Gasteiger partial charge is 0.226 e. The number of allylic oxidation sites excluding steroid dienone is 2. The predicted molar refractivity (Wildman–Crippen MR) is 58.6 cm³/mol. The Morgan fingerprint density at radius 2 is 2.08 bits per heavy atom. The van der Waals surface area contributed by atoms with Crippen LogP contribution in [0, 0.1) is 0 Å². The van der Waals surface area contributed by atoms with E-state index in [0.29, 0.717) is 0 Å². The fourth-order valence-electron chi connectivity index (χ4n) is 0.910. The molecular formula is C11H20N2. The molecule has 0 aromatic carbocycles. The molecule has 0 aromatic heterocycles. The average Bonchev–Trinajstić information content (AvgIpc) is 2.16. The molecule has 0 saturated carbocycles. The predicted octanol–water partition coefficient (Wildman–Crippen LogP) is 3.32. The summed E-state index contributed by atoms with van der Waals surface area (Å²) < 4.78 is 0. The molecule has 74 valence electrons. The molecule has 0 unspecified atom stereocenters. The van der Waals surface area contributed by atoms with E-state index in [-0.39, 0.29) is 0 Å². The van der Waals surface area contributed by atoms with Crippen LogP contribution in [0.15, 0.2) is 21.6 Å². The monoisotopic (exact) mass is 180 g/mol. The van der Waals surface area contributed by atoms with Gasteiger partial charge < -0.3 is 0 Å². The first-order chi connectivity index (χ1) is 6.31. The Bertz CT molecular complexity index is 198. The van der Waals surface area contributed by atoms with Crippen molar-refractivity contribution in [1.82, 2.24) is 0 Å². The SMILES string of the molecule is C/C=C(\C)CCCCN=C=NCC. The lowest BCUT2D eigenvalue weighted by Crippen LogP contribution is -1.83. The molecule has 2 heteroatoms. The normalized spacial score (nSPS) is 10.8. The smallest absolute Gasteiger partial charge is 0.0892 e. The Hall–Kier alpha value is -0.880.